The van der Waals surface area contributed by atoms with E-state index in [1.807, 2.05) is 11.8 Å². The Hall–Kier alpha value is -0.0431. The van der Waals surface area contributed by atoms with Crippen molar-refractivity contribution in [1.82, 2.24) is 0 Å². The van der Waals surface area contributed by atoms with Crippen molar-refractivity contribution < 1.29 is 18.7 Å². The summed E-state index contributed by atoms with van der Waals surface area (Å²) >= 11 is 1.82. The minimum Gasteiger partial charge on any atom is -0.465 e. The highest BCUT2D eigenvalue weighted by Gasteiger charge is 2.31. The number of thioether (sulfide) groups is 1. The van der Waals surface area contributed by atoms with Gasteiger partial charge in [0.15, 0.2) is 8.32 Å². The predicted octanol–water partition coefficient (Wildman–Crippen LogP) is 9.52. The van der Waals surface area contributed by atoms with Crippen molar-refractivity contribution >= 4 is 26.0 Å². The first-order valence-corrected chi connectivity index (χ1v) is 18.6. The van der Waals surface area contributed by atoms with Gasteiger partial charge in [0.05, 0.1) is 6.61 Å². The maximum absolute atomic E-state index is 12.7. The van der Waals surface area contributed by atoms with E-state index < -0.39 is 8.32 Å². The van der Waals surface area contributed by atoms with Gasteiger partial charge in [-0.3, -0.25) is 4.79 Å². The molecule has 6 heteroatoms. The van der Waals surface area contributed by atoms with Crippen LogP contribution in [0.4, 0.5) is 0 Å². The molecule has 2 atom stereocenters. The first kappa shape index (κ1) is 35.0. The molecule has 0 saturated heterocycles. The van der Waals surface area contributed by atoms with Gasteiger partial charge in [-0.2, -0.15) is 0 Å². The Morgan fingerprint density at radius 2 is 1.29 bits per heavy atom. The number of unbranched alkanes of at least 4 members (excludes halogenated alkanes) is 10. The summed E-state index contributed by atoms with van der Waals surface area (Å²) in [6.07, 6.45) is 17.7. The lowest BCUT2D eigenvalue weighted by atomic mass is 10.1. The number of methoxy groups -OCH3 is 1. The molecule has 0 radical (unpaired) electrons. The fourth-order valence-electron chi connectivity index (χ4n) is 4.48. The molecule has 0 saturated carbocycles. The third-order valence-electron chi connectivity index (χ3n) is 7.31. The number of esters is 1. The van der Waals surface area contributed by atoms with E-state index in [0.717, 1.165) is 68.8 Å². The fourth-order valence-corrected chi connectivity index (χ4v) is 8.44. The standard InChI is InChI=1S/C29H60O4SSi/c1-7-12-14-15-16-17-18-22-26-34-27(23-13-8-2)29(30)32-25-21-19-20-24-28(31-6)33-35(9-3,10-4)11-5/h27-28H,7-26H2,1-6H3. The maximum atomic E-state index is 12.7. The molecule has 0 fully saturated rings. The molecule has 2 unspecified atom stereocenters. The Kier molecular flexibility index (Phi) is 24.3. The summed E-state index contributed by atoms with van der Waals surface area (Å²) in [5, 5.41) is 0.0148. The molecule has 35 heavy (non-hydrogen) atoms. The third-order valence-corrected chi connectivity index (χ3v) is 13.3. The molecule has 0 bridgehead atoms. The van der Waals surface area contributed by atoms with Gasteiger partial charge in [0.2, 0.25) is 0 Å². The summed E-state index contributed by atoms with van der Waals surface area (Å²) in [7, 11) is 0.120. The van der Waals surface area contributed by atoms with Crippen LogP contribution < -0.4 is 0 Å². The number of hydrogen-bond donors (Lipinski definition) is 0. The summed E-state index contributed by atoms with van der Waals surface area (Å²) in [6, 6.07) is 3.43. The minimum absolute atomic E-state index is 0.00531. The first-order chi connectivity index (χ1) is 17.0. The molecule has 0 aliphatic heterocycles. The molecule has 0 aliphatic rings. The van der Waals surface area contributed by atoms with Crippen molar-refractivity contribution in [3.8, 4) is 0 Å². The average Bonchev–Trinajstić information content (AvgIpc) is 2.88. The predicted molar refractivity (Wildman–Crippen MR) is 157 cm³/mol. The summed E-state index contributed by atoms with van der Waals surface area (Å²) in [5.41, 5.74) is 0. The van der Waals surface area contributed by atoms with E-state index in [9.17, 15) is 4.79 Å². The number of carbonyl (C=O) groups is 1. The highest BCUT2D eigenvalue weighted by molar-refractivity contribution is 8.00. The molecule has 0 amide bonds. The van der Waals surface area contributed by atoms with Gasteiger partial charge < -0.3 is 13.9 Å². The zero-order valence-electron chi connectivity index (χ0n) is 24.3. The van der Waals surface area contributed by atoms with Crippen LogP contribution in [0.15, 0.2) is 0 Å². The lowest BCUT2D eigenvalue weighted by Gasteiger charge is -2.32. The smallest absolute Gasteiger partial charge is 0.319 e. The highest BCUT2D eigenvalue weighted by atomic mass is 32.2. The second-order valence-electron chi connectivity index (χ2n) is 10.0. The van der Waals surface area contributed by atoms with E-state index >= 15 is 0 Å². The van der Waals surface area contributed by atoms with Gasteiger partial charge in [-0.25, -0.2) is 0 Å². The van der Waals surface area contributed by atoms with Gasteiger partial charge in [0, 0.05) is 7.11 Å². The maximum Gasteiger partial charge on any atom is 0.319 e. The highest BCUT2D eigenvalue weighted by Crippen LogP contribution is 2.25. The van der Waals surface area contributed by atoms with E-state index in [0.29, 0.717) is 6.61 Å². The summed E-state index contributed by atoms with van der Waals surface area (Å²) in [4.78, 5) is 12.7. The monoisotopic (exact) mass is 532 g/mol. The molecule has 0 aromatic rings. The van der Waals surface area contributed by atoms with E-state index in [1.54, 1.807) is 7.11 Å². The van der Waals surface area contributed by atoms with Crippen LogP contribution in [0.2, 0.25) is 18.1 Å². The van der Waals surface area contributed by atoms with Gasteiger partial charge in [-0.1, -0.05) is 92.4 Å². The number of hydrogen-bond acceptors (Lipinski definition) is 5. The normalized spacial score (nSPS) is 13.7. The molecule has 0 N–H and O–H groups in total. The van der Waals surface area contributed by atoms with Crippen LogP contribution in [-0.4, -0.2) is 45.3 Å². The molecule has 210 valence electrons. The van der Waals surface area contributed by atoms with Crippen molar-refractivity contribution in [1.29, 1.82) is 0 Å². The summed E-state index contributed by atoms with van der Waals surface area (Å²) in [6.45, 7) is 11.8. The van der Waals surface area contributed by atoms with Gasteiger partial charge >= 0.3 is 5.97 Å². The Labute approximate surface area is 224 Å². The van der Waals surface area contributed by atoms with Crippen molar-refractivity contribution in [2.45, 2.75) is 161 Å². The Morgan fingerprint density at radius 1 is 0.714 bits per heavy atom. The lowest BCUT2D eigenvalue weighted by Crippen LogP contribution is -2.40. The quantitative estimate of drug-likeness (QED) is 0.0480. The van der Waals surface area contributed by atoms with Crippen LogP contribution in [-0.2, 0) is 18.7 Å². The number of ether oxygens (including phenoxy) is 2. The van der Waals surface area contributed by atoms with Crippen LogP contribution in [0, 0.1) is 0 Å². The SMILES string of the molecule is CCCCCCCCCCSC(CCCC)C(=O)OCCCCCC(OC)O[Si](CC)(CC)CC. The molecular formula is C29H60O4SSi. The van der Waals surface area contributed by atoms with Gasteiger partial charge in [0.1, 0.15) is 11.5 Å². The molecule has 0 spiro atoms. The summed E-state index contributed by atoms with van der Waals surface area (Å²) < 4.78 is 17.8. The van der Waals surface area contributed by atoms with Gasteiger partial charge in [-0.05, 0) is 62.4 Å². The second-order valence-corrected chi connectivity index (χ2v) is 16.1. The molecular weight excluding hydrogens is 472 g/mol. The number of carbonyl (C=O) groups excluding carboxylic acids is 1. The van der Waals surface area contributed by atoms with Crippen LogP contribution in [0.5, 0.6) is 0 Å². The molecule has 0 aliphatic carbocycles. The van der Waals surface area contributed by atoms with Crippen LogP contribution in [0.3, 0.4) is 0 Å². The first-order valence-electron chi connectivity index (χ1n) is 15.0. The minimum atomic E-state index is -1.64. The summed E-state index contributed by atoms with van der Waals surface area (Å²) in [5.74, 6) is 1.08. The van der Waals surface area contributed by atoms with Crippen LogP contribution >= 0.6 is 11.8 Å². The Bertz CT molecular complexity index is 465. The fraction of sp³-hybridized carbons (Fsp3) is 0.966. The van der Waals surface area contributed by atoms with Crippen molar-refractivity contribution in [2.24, 2.45) is 0 Å². The second kappa shape index (κ2) is 24.3. The van der Waals surface area contributed by atoms with Crippen molar-refractivity contribution in [3.63, 3.8) is 0 Å². The van der Waals surface area contributed by atoms with E-state index in [1.165, 1.54) is 51.4 Å². The van der Waals surface area contributed by atoms with Crippen molar-refractivity contribution in [3.05, 3.63) is 0 Å². The van der Waals surface area contributed by atoms with Crippen LogP contribution in [0.1, 0.15) is 131 Å². The van der Waals surface area contributed by atoms with E-state index in [2.05, 4.69) is 34.6 Å². The zero-order valence-corrected chi connectivity index (χ0v) is 26.2. The molecule has 0 rings (SSSR count). The third kappa shape index (κ3) is 17.9. The van der Waals surface area contributed by atoms with Gasteiger partial charge in [-0.15, -0.1) is 11.8 Å². The average molecular weight is 533 g/mol. The lowest BCUT2D eigenvalue weighted by molar-refractivity contribution is -0.143. The molecule has 0 heterocycles. The van der Waals surface area contributed by atoms with Gasteiger partial charge in [0.25, 0.3) is 0 Å². The van der Waals surface area contributed by atoms with E-state index in [4.69, 9.17) is 13.9 Å². The molecule has 0 aromatic carbocycles. The zero-order chi connectivity index (χ0) is 26.2. The Balaban J connectivity index is 4.10. The Morgan fingerprint density at radius 3 is 1.86 bits per heavy atom. The largest absolute Gasteiger partial charge is 0.465 e. The number of rotatable bonds is 26. The van der Waals surface area contributed by atoms with E-state index in [-0.39, 0.29) is 17.5 Å². The van der Waals surface area contributed by atoms with Crippen molar-refractivity contribution in [2.75, 3.05) is 19.5 Å². The molecule has 4 nitrogen and oxygen atoms in total. The van der Waals surface area contributed by atoms with Crippen LogP contribution in [0.25, 0.3) is 0 Å². The topological polar surface area (TPSA) is 44.8 Å². The molecule has 0 aromatic heterocycles.